The highest BCUT2D eigenvalue weighted by atomic mass is 32.2. The minimum Gasteiger partial charge on any atom is -0.491 e. The van der Waals surface area contributed by atoms with Crippen molar-refractivity contribution in [3.8, 4) is 5.75 Å². The van der Waals surface area contributed by atoms with Gasteiger partial charge in [0.15, 0.2) is 5.75 Å². The van der Waals surface area contributed by atoms with Crippen LogP contribution in [0.4, 0.5) is 0 Å². The smallest absolute Gasteiger partial charge is 0.319 e. The molecule has 1 N–H and O–H groups in total. The van der Waals surface area contributed by atoms with Gasteiger partial charge in [-0.25, -0.2) is 4.98 Å². The molecule has 0 aromatic carbocycles. The first-order valence-electron chi connectivity index (χ1n) is 4.97. The van der Waals surface area contributed by atoms with Crippen molar-refractivity contribution in [1.29, 1.82) is 0 Å². The maximum atomic E-state index is 11.0. The Kier molecular flexibility index (Phi) is 4.18. The highest BCUT2D eigenvalue weighted by Crippen LogP contribution is 2.36. The number of thioether (sulfide) groups is 1. The molecule has 0 bridgehead atoms. The van der Waals surface area contributed by atoms with Crippen molar-refractivity contribution in [1.82, 2.24) is 4.98 Å². The molecule has 0 saturated heterocycles. The predicted molar refractivity (Wildman–Crippen MR) is 63.0 cm³/mol. The van der Waals surface area contributed by atoms with E-state index in [4.69, 9.17) is 9.84 Å². The van der Waals surface area contributed by atoms with E-state index in [2.05, 4.69) is 4.98 Å². The van der Waals surface area contributed by atoms with Crippen LogP contribution in [0.2, 0.25) is 0 Å². The molecule has 1 rings (SSSR count). The van der Waals surface area contributed by atoms with E-state index < -0.39 is 10.7 Å². The minimum atomic E-state index is -0.916. The molecule has 1 heterocycles. The maximum Gasteiger partial charge on any atom is 0.319 e. The largest absolute Gasteiger partial charge is 0.491 e. The van der Waals surface area contributed by atoms with Gasteiger partial charge in [-0.15, -0.1) is 0 Å². The number of ether oxygens (including phenoxy) is 1. The number of aromatic nitrogens is 1. The fraction of sp³-hybridized carbons (Fsp3) is 0.455. The molecule has 0 atom stereocenters. The number of carbonyl (C=O) groups is 1. The number of carboxylic acids is 1. The van der Waals surface area contributed by atoms with Gasteiger partial charge in [0.2, 0.25) is 0 Å². The Labute approximate surface area is 99.0 Å². The van der Waals surface area contributed by atoms with Gasteiger partial charge in [0.05, 0.1) is 6.61 Å². The molecule has 16 heavy (non-hydrogen) atoms. The molecule has 0 amide bonds. The Hall–Kier alpha value is -1.23. The molecule has 0 fully saturated rings. The number of hydrogen-bond acceptors (Lipinski definition) is 4. The Morgan fingerprint density at radius 2 is 2.31 bits per heavy atom. The van der Waals surface area contributed by atoms with Crippen molar-refractivity contribution < 1.29 is 14.6 Å². The quantitative estimate of drug-likeness (QED) is 0.802. The van der Waals surface area contributed by atoms with Crippen LogP contribution in [0, 0.1) is 0 Å². The predicted octanol–water partition coefficient (Wildman–Crippen LogP) is 2.44. The Balaban J connectivity index is 2.92. The molecule has 5 heteroatoms. The molecule has 0 spiro atoms. The Morgan fingerprint density at radius 1 is 1.62 bits per heavy atom. The van der Waals surface area contributed by atoms with Crippen molar-refractivity contribution in [3.05, 3.63) is 18.3 Å². The van der Waals surface area contributed by atoms with E-state index in [9.17, 15) is 4.79 Å². The third-order valence-electron chi connectivity index (χ3n) is 1.90. The normalized spacial score (nSPS) is 11.2. The number of carboxylic acid groups (broad SMARTS) is 1. The molecule has 1 aromatic heterocycles. The van der Waals surface area contributed by atoms with Crippen LogP contribution in [-0.4, -0.2) is 27.4 Å². The van der Waals surface area contributed by atoms with Crippen molar-refractivity contribution in [2.75, 3.05) is 6.61 Å². The van der Waals surface area contributed by atoms with Crippen LogP contribution in [-0.2, 0) is 4.79 Å². The van der Waals surface area contributed by atoms with E-state index >= 15 is 0 Å². The Bertz CT molecular complexity index is 379. The van der Waals surface area contributed by atoms with E-state index in [-0.39, 0.29) is 0 Å². The summed E-state index contributed by atoms with van der Waals surface area (Å²) in [4.78, 5) is 15.1. The fourth-order valence-electron chi connectivity index (χ4n) is 1.00. The number of pyridine rings is 1. The van der Waals surface area contributed by atoms with Gasteiger partial charge < -0.3 is 9.84 Å². The molecule has 0 unspecified atom stereocenters. The molecule has 0 radical (unpaired) electrons. The van der Waals surface area contributed by atoms with Crippen molar-refractivity contribution >= 4 is 17.7 Å². The molecule has 0 aliphatic heterocycles. The van der Waals surface area contributed by atoms with Gasteiger partial charge in [0.25, 0.3) is 0 Å². The van der Waals surface area contributed by atoms with Gasteiger partial charge >= 0.3 is 5.97 Å². The van der Waals surface area contributed by atoms with Gasteiger partial charge in [-0.1, -0.05) is 11.8 Å². The van der Waals surface area contributed by atoms with E-state index in [1.807, 2.05) is 6.92 Å². The zero-order valence-corrected chi connectivity index (χ0v) is 10.4. The second kappa shape index (κ2) is 5.21. The lowest BCUT2D eigenvalue weighted by molar-refractivity contribution is -0.138. The molecule has 1 aromatic rings. The van der Waals surface area contributed by atoms with E-state index in [1.54, 1.807) is 32.2 Å². The second-order valence-electron chi connectivity index (χ2n) is 3.66. The fourth-order valence-corrected chi connectivity index (χ4v) is 1.92. The summed E-state index contributed by atoms with van der Waals surface area (Å²) in [5, 5.41) is 9.64. The van der Waals surface area contributed by atoms with Crippen LogP contribution in [0.1, 0.15) is 20.8 Å². The highest BCUT2D eigenvalue weighted by Gasteiger charge is 2.30. The van der Waals surface area contributed by atoms with Crippen LogP contribution in [0.3, 0.4) is 0 Å². The summed E-state index contributed by atoms with van der Waals surface area (Å²) in [5.41, 5.74) is 0. The van der Waals surface area contributed by atoms with Gasteiger partial charge in [-0.2, -0.15) is 0 Å². The van der Waals surface area contributed by atoms with Crippen LogP contribution in [0.25, 0.3) is 0 Å². The summed E-state index contributed by atoms with van der Waals surface area (Å²) < 4.78 is 4.47. The molecule has 0 aliphatic carbocycles. The third-order valence-corrected chi connectivity index (χ3v) is 3.09. The summed E-state index contributed by atoms with van der Waals surface area (Å²) in [6, 6.07) is 3.56. The summed E-state index contributed by atoms with van der Waals surface area (Å²) in [7, 11) is 0. The maximum absolute atomic E-state index is 11.0. The average Bonchev–Trinajstić information content (AvgIpc) is 2.20. The lowest BCUT2D eigenvalue weighted by Gasteiger charge is -2.19. The van der Waals surface area contributed by atoms with Crippen molar-refractivity contribution in [2.24, 2.45) is 0 Å². The van der Waals surface area contributed by atoms with Crippen LogP contribution in [0.5, 0.6) is 5.75 Å². The third kappa shape index (κ3) is 3.13. The van der Waals surface area contributed by atoms with Crippen LogP contribution < -0.4 is 4.74 Å². The number of nitrogens with zero attached hydrogens (tertiary/aromatic N) is 1. The molecule has 0 aliphatic rings. The lowest BCUT2D eigenvalue weighted by Crippen LogP contribution is -2.27. The van der Waals surface area contributed by atoms with Gasteiger partial charge in [-0.05, 0) is 32.9 Å². The summed E-state index contributed by atoms with van der Waals surface area (Å²) >= 11 is 1.18. The first-order chi connectivity index (χ1) is 7.47. The zero-order valence-electron chi connectivity index (χ0n) is 9.56. The van der Waals surface area contributed by atoms with Gasteiger partial charge in [-0.3, -0.25) is 4.79 Å². The monoisotopic (exact) mass is 241 g/mol. The summed E-state index contributed by atoms with van der Waals surface area (Å²) in [6.45, 7) is 5.70. The van der Waals surface area contributed by atoms with E-state index in [0.717, 1.165) is 0 Å². The van der Waals surface area contributed by atoms with Gasteiger partial charge in [0, 0.05) is 6.20 Å². The SMILES string of the molecule is CCOc1cccnc1SC(C)(C)C(=O)O. The number of aliphatic carboxylic acids is 1. The standard InChI is InChI=1S/C11H15NO3S/c1-4-15-8-6-5-7-12-9(8)16-11(2,3)10(13)14/h5-7H,4H2,1-3H3,(H,13,14). The lowest BCUT2D eigenvalue weighted by atomic mass is 10.2. The minimum absolute atomic E-state index is 0.534. The molecular weight excluding hydrogens is 226 g/mol. The topological polar surface area (TPSA) is 59.4 Å². The van der Waals surface area contributed by atoms with Crippen molar-refractivity contribution in [3.63, 3.8) is 0 Å². The first-order valence-corrected chi connectivity index (χ1v) is 5.79. The van der Waals surface area contributed by atoms with Crippen LogP contribution >= 0.6 is 11.8 Å². The molecule has 0 saturated carbocycles. The highest BCUT2D eigenvalue weighted by molar-refractivity contribution is 8.01. The molecular formula is C11H15NO3S. The second-order valence-corrected chi connectivity index (χ2v) is 5.27. The Morgan fingerprint density at radius 3 is 2.88 bits per heavy atom. The van der Waals surface area contributed by atoms with Crippen molar-refractivity contribution in [2.45, 2.75) is 30.5 Å². The van der Waals surface area contributed by atoms with Gasteiger partial charge in [0.1, 0.15) is 9.77 Å². The average molecular weight is 241 g/mol. The molecule has 88 valence electrons. The van der Waals surface area contributed by atoms with Crippen LogP contribution in [0.15, 0.2) is 23.4 Å². The zero-order chi connectivity index (χ0) is 12.2. The molecule has 4 nitrogen and oxygen atoms in total. The van der Waals surface area contributed by atoms with E-state index in [1.165, 1.54) is 11.8 Å². The number of hydrogen-bond donors (Lipinski definition) is 1. The summed E-state index contributed by atoms with van der Waals surface area (Å²) in [5.74, 6) is -0.241. The van der Waals surface area contributed by atoms with E-state index in [0.29, 0.717) is 17.4 Å². The first kappa shape index (κ1) is 12.8. The summed E-state index contributed by atoms with van der Waals surface area (Å²) in [6.07, 6.45) is 1.63. The number of rotatable bonds is 5.